The lowest BCUT2D eigenvalue weighted by Gasteiger charge is -2.08. The number of phenolic OH excluding ortho intramolecular Hbond substituents is 1. The molecule has 0 aliphatic rings. The Morgan fingerprint density at radius 3 is 2.90 bits per heavy atom. The summed E-state index contributed by atoms with van der Waals surface area (Å²) in [5, 5.41) is 21.6. The Labute approximate surface area is 122 Å². The number of benzene rings is 2. The Kier molecular flexibility index (Phi) is 4.56. The Morgan fingerprint density at radius 2 is 2.19 bits per heavy atom. The van der Waals surface area contributed by atoms with Crippen molar-refractivity contribution < 1.29 is 14.6 Å². The highest BCUT2D eigenvalue weighted by Gasteiger charge is 2.07. The Balaban J connectivity index is 2.33. The van der Waals surface area contributed by atoms with Gasteiger partial charge in [0.2, 0.25) is 0 Å². The minimum atomic E-state index is -0.553. The van der Waals surface area contributed by atoms with E-state index < -0.39 is 5.97 Å². The Bertz CT molecular complexity index is 708. The molecule has 0 aliphatic heterocycles. The summed E-state index contributed by atoms with van der Waals surface area (Å²) in [5.41, 5.74) is 0.848. The fourth-order valence-electron chi connectivity index (χ4n) is 1.92. The lowest BCUT2D eigenvalue weighted by atomic mass is 10.1. The zero-order chi connectivity index (χ0) is 15.2. The van der Waals surface area contributed by atoms with Crippen molar-refractivity contribution in [2.24, 2.45) is 0 Å². The lowest BCUT2D eigenvalue weighted by Crippen LogP contribution is -2.10. The van der Waals surface area contributed by atoms with Crippen molar-refractivity contribution in [3.8, 4) is 5.75 Å². The molecule has 0 aliphatic carbocycles. The SMILES string of the molecule is CCOC(=O)/C(C=N)=C/Nc1cccc2ccc(O)cc12. The van der Waals surface area contributed by atoms with Crippen molar-refractivity contribution in [3.63, 3.8) is 0 Å². The molecule has 0 bridgehead atoms. The number of fused-ring (bicyclic) bond motifs is 1. The third kappa shape index (κ3) is 3.39. The van der Waals surface area contributed by atoms with Crippen LogP contribution < -0.4 is 5.32 Å². The molecule has 2 aromatic carbocycles. The maximum atomic E-state index is 11.6. The fourth-order valence-corrected chi connectivity index (χ4v) is 1.92. The molecule has 0 saturated heterocycles. The summed E-state index contributed by atoms with van der Waals surface area (Å²) in [7, 11) is 0. The molecule has 0 fully saturated rings. The van der Waals surface area contributed by atoms with Crippen LogP contribution in [0.3, 0.4) is 0 Å². The molecule has 3 N–H and O–H groups in total. The quantitative estimate of drug-likeness (QED) is 0.447. The van der Waals surface area contributed by atoms with Gasteiger partial charge in [-0.25, -0.2) is 4.79 Å². The van der Waals surface area contributed by atoms with E-state index in [1.807, 2.05) is 24.3 Å². The summed E-state index contributed by atoms with van der Waals surface area (Å²) >= 11 is 0. The first-order chi connectivity index (χ1) is 10.2. The summed E-state index contributed by atoms with van der Waals surface area (Å²) in [4.78, 5) is 11.6. The lowest BCUT2D eigenvalue weighted by molar-refractivity contribution is -0.137. The van der Waals surface area contributed by atoms with Gasteiger partial charge in [-0.1, -0.05) is 18.2 Å². The number of phenols is 1. The third-order valence-electron chi connectivity index (χ3n) is 2.92. The van der Waals surface area contributed by atoms with E-state index in [9.17, 15) is 9.90 Å². The minimum Gasteiger partial charge on any atom is -0.508 e. The van der Waals surface area contributed by atoms with Gasteiger partial charge in [0, 0.05) is 23.5 Å². The molecule has 108 valence electrons. The second kappa shape index (κ2) is 6.56. The van der Waals surface area contributed by atoms with Crippen LogP contribution in [0.15, 0.2) is 48.2 Å². The van der Waals surface area contributed by atoms with Crippen molar-refractivity contribution in [2.75, 3.05) is 11.9 Å². The van der Waals surface area contributed by atoms with E-state index in [1.54, 1.807) is 19.1 Å². The van der Waals surface area contributed by atoms with Gasteiger partial charge in [-0.3, -0.25) is 0 Å². The molecule has 0 spiro atoms. The number of esters is 1. The number of anilines is 1. The van der Waals surface area contributed by atoms with Crippen LogP contribution in [0.5, 0.6) is 5.75 Å². The number of hydrogen-bond acceptors (Lipinski definition) is 5. The summed E-state index contributed by atoms with van der Waals surface area (Å²) in [6.07, 6.45) is 2.36. The molecule has 0 radical (unpaired) electrons. The number of hydrogen-bond donors (Lipinski definition) is 3. The fraction of sp³-hybridized carbons (Fsp3) is 0.125. The van der Waals surface area contributed by atoms with Gasteiger partial charge < -0.3 is 20.6 Å². The molecular weight excluding hydrogens is 268 g/mol. The zero-order valence-electron chi connectivity index (χ0n) is 11.6. The second-order valence-corrected chi connectivity index (χ2v) is 4.32. The van der Waals surface area contributed by atoms with Crippen molar-refractivity contribution in [1.82, 2.24) is 0 Å². The molecule has 0 saturated carbocycles. The van der Waals surface area contributed by atoms with Gasteiger partial charge in [0.05, 0.1) is 12.2 Å². The maximum Gasteiger partial charge on any atom is 0.341 e. The number of nitrogens with one attached hydrogen (secondary N) is 2. The summed E-state index contributed by atoms with van der Waals surface area (Å²) in [6.45, 7) is 1.96. The molecule has 0 unspecified atom stereocenters. The Hall–Kier alpha value is -2.82. The number of ether oxygens (including phenoxy) is 1. The topological polar surface area (TPSA) is 82.4 Å². The predicted molar refractivity (Wildman–Crippen MR) is 82.7 cm³/mol. The van der Waals surface area contributed by atoms with E-state index >= 15 is 0 Å². The first-order valence-corrected chi connectivity index (χ1v) is 6.51. The average molecular weight is 284 g/mol. The van der Waals surface area contributed by atoms with E-state index in [0.717, 1.165) is 22.7 Å². The first kappa shape index (κ1) is 14.6. The molecular formula is C16H16N2O3. The Morgan fingerprint density at radius 1 is 1.38 bits per heavy atom. The van der Waals surface area contributed by atoms with Gasteiger partial charge in [-0.15, -0.1) is 0 Å². The zero-order valence-corrected chi connectivity index (χ0v) is 11.6. The highest BCUT2D eigenvalue weighted by molar-refractivity contribution is 6.09. The normalized spacial score (nSPS) is 11.2. The van der Waals surface area contributed by atoms with Gasteiger partial charge in [0.1, 0.15) is 5.75 Å². The van der Waals surface area contributed by atoms with E-state index in [2.05, 4.69) is 5.32 Å². The molecule has 0 amide bonds. The summed E-state index contributed by atoms with van der Waals surface area (Å²) in [6, 6.07) is 10.7. The summed E-state index contributed by atoms with van der Waals surface area (Å²) in [5.74, 6) is -0.388. The van der Waals surface area contributed by atoms with Crippen molar-refractivity contribution >= 4 is 28.6 Å². The molecule has 0 aromatic heterocycles. The minimum absolute atomic E-state index is 0.119. The number of carbonyl (C=O) groups excluding carboxylic acids is 1. The van der Waals surface area contributed by atoms with Crippen LogP contribution in [0, 0.1) is 5.41 Å². The highest BCUT2D eigenvalue weighted by atomic mass is 16.5. The van der Waals surface area contributed by atoms with E-state index in [4.69, 9.17) is 10.1 Å². The smallest absolute Gasteiger partial charge is 0.341 e. The van der Waals surface area contributed by atoms with E-state index in [1.165, 1.54) is 6.20 Å². The number of rotatable bonds is 5. The average Bonchev–Trinajstić information content (AvgIpc) is 2.48. The molecule has 2 rings (SSSR count). The van der Waals surface area contributed by atoms with Crippen LogP contribution in [0.25, 0.3) is 10.8 Å². The van der Waals surface area contributed by atoms with Crippen LogP contribution in [-0.4, -0.2) is 23.9 Å². The van der Waals surface area contributed by atoms with Gasteiger partial charge >= 0.3 is 5.97 Å². The van der Waals surface area contributed by atoms with Gasteiger partial charge in [0.15, 0.2) is 0 Å². The molecule has 2 aromatic rings. The van der Waals surface area contributed by atoms with Crippen LogP contribution in [0.2, 0.25) is 0 Å². The molecule has 0 atom stereocenters. The maximum absolute atomic E-state index is 11.6. The van der Waals surface area contributed by atoms with Crippen LogP contribution in [0.1, 0.15) is 6.92 Å². The van der Waals surface area contributed by atoms with Crippen molar-refractivity contribution in [3.05, 3.63) is 48.2 Å². The standard InChI is InChI=1S/C16H16N2O3/c1-2-21-16(20)12(9-17)10-18-15-5-3-4-11-6-7-13(19)8-14(11)15/h3-10,17-19H,2H2,1H3/b12-10+,17-9?. The molecule has 5 heteroatoms. The monoisotopic (exact) mass is 284 g/mol. The third-order valence-corrected chi connectivity index (χ3v) is 2.92. The van der Waals surface area contributed by atoms with E-state index in [-0.39, 0.29) is 17.9 Å². The van der Waals surface area contributed by atoms with E-state index in [0.29, 0.717) is 0 Å². The van der Waals surface area contributed by atoms with Gasteiger partial charge in [0.25, 0.3) is 0 Å². The molecule has 21 heavy (non-hydrogen) atoms. The predicted octanol–water partition coefficient (Wildman–Crippen LogP) is 3.05. The second-order valence-electron chi connectivity index (χ2n) is 4.32. The molecule has 0 heterocycles. The van der Waals surface area contributed by atoms with Gasteiger partial charge in [-0.2, -0.15) is 0 Å². The first-order valence-electron chi connectivity index (χ1n) is 6.51. The van der Waals surface area contributed by atoms with Gasteiger partial charge in [-0.05, 0) is 30.5 Å². The molecule has 5 nitrogen and oxygen atoms in total. The largest absolute Gasteiger partial charge is 0.508 e. The highest BCUT2D eigenvalue weighted by Crippen LogP contribution is 2.27. The van der Waals surface area contributed by atoms with Crippen molar-refractivity contribution in [1.29, 1.82) is 5.41 Å². The van der Waals surface area contributed by atoms with Crippen LogP contribution in [0.4, 0.5) is 5.69 Å². The summed E-state index contributed by atoms with van der Waals surface area (Å²) < 4.78 is 4.85. The van der Waals surface area contributed by atoms with Crippen molar-refractivity contribution in [2.45, 2.75) is 6.92 Å². The van der Waals surface area contributed by atoms with Crippen LogP contribution in [-0.2, 0) is 9.53 Å². The number of carbonyl (C=O) groups is 1. The number of aromatic hydroxyl groups is 1. The van der Waals surface area contributed by atoms with Crippen LogP contribution >= 0.6 is 0 Å².